The van der Waals surface area contributed by atoms with Gasteiger partial charge < -0.3 is 10.1 Å². The molecule has 1 aliphatic rings. The molecule has 0 saturated carbocycles. The van der Waals surface area contributed by atoms with Crippen molar-refractivity contribution in [2.75, 3.05) is 12.8 Å². The molecule has 20 heavy (non-hydrogen) atoms. The summed E-state index contributed by atoms with van der Waals surface area (Å²) in [6.45, 7) is 8.85. The third kappa shape index (κ3) is 3.78. The molecule has 0 amide bonds. The van der Waals surface area contributed by atoms with Crippen molar-refractivity contribution in [3.63, 3.8) is 0 Å². The molecule has 0 spiro atoms. The normalized spacial score (nSPS) is 25.6. The van der Waals surface area contributed by atoms with E-state index in [9.17, 15) is 0 Å². The summed E-state index contributed by atoms with van der Waals surface area (Å²) in [5.74, 6) is 1.62. The third-order valence-electron chi connectivity index (χ3n) is 4.17. The van der Waals surface area contributed by atoms with Crippen LogP contribution in [0.15, 0.2) is 35.2 Å². The summed E-state index contributed by atoms with van der Waals surface area (Å²) in [4.78, 5) is 1.34. The van der Waals surface area contributed by atoms with Gasteiger partial charge in [0.15, 0.2) is 0 Å². The molecule has 1 heterocycles. The van der Waals surface area contributed by atoms with Crippen molar-refractivity contribution in [1.82, 2.24) is 5.32 Å². The quantitative estimate of drug-likeness (QED) is 0.830. The fourth-order valence-electron chi connectivity index (χ4n) is 3.34. The van der Waals surface area contributed by atoms with Crippen LogP contribution in [0.2, 0.25) is 0 Å². The van der Waals surface area contributed by atoms with Gasteiger partial charge in [0.1, 0.15) is 0 Å². The minimum absolute atomic E-state index is 0.0132. The lowest BCUT2D eigenvalue weighted by molar-refractivity contribution is -0.0767. The summed E-state index contributed by atoms with van der Waals surface area (Å²) in [5.41, 5.74) is -0.0743. The SMILES string of the molecule is CNC(CSc1ccccc1)C1CC(C)(C)OC1(C)C. The van der Waals surface area contributed by atoms with Crippen LogP contribution < -0.4 is 5.32 Å². The average Bonchev–Trinajstić information content (AvgIpc) is 2.60. The molecular formula is C17H27NOS. The molecule has 2 rings (SSSR count). The van der Waals surface area contributed by atoms with E-state index < -0.39 is 0 Å². The maximum Gasteiger partial charge on any atom is 0.0678 e. The van der Waals surface area contributed by atoms with E-state index in [0.717, 1.165) is 12.2 Å². The van der Waals surface area contributed by atoms with Gasteiger partial charge >= 0.3 is 0 Å². The number of ether oxygens (including phenoxy) is 1. The summed E-state index contributed by atoms with van der Waals surface area (Å²) in [7, 11) is 2.07. The molecule has 2 nitrogen and oxygen atoms in total. The van der Waals surface area contributed by atoms with Gasteiger partial charge in [-0.1, -0.05) is 18.2 Å². The Morgan fingerprint density at radius 3 is 2.40 bits per heavy atom. The van der Waals surface area contributed by atoms with Crippen LogP contribution >= 0.6 is 11.8 Å². The molecule has 1 fully saturated rings. The van der Waals surface area contributed by atoms with E-state index in [4.69, 9.17) is 4.74 Å². The minimum Gasteiger partial charge on any atom is -0.369 e. The van der Waals surface area contributed by atoms with E-state index in [0.29, 0.717) is 12.0 Å². The van der Waals surface area contributed by atoms with Crippen LogP contribution in [0.5, 0.6) is 0 Å². The van der Waals surface area contributed by atoms with E-state index >= 15 is 0 Å². The van der Waals surface area contributed by atoms with E-state index in [2.05, 4.69) is 70.4 Å². The van der Waals surface area contributed by atoms with Crippen molar-refractivity contribution in [1.29, 1.82) is 0 Å². The summed E-state index contributed by atoms with van der Waals surface area (Å²) < 4.78 is 6.23. The van der Waals surface area contributed by atoms with Gasteiger partial charge in [0.25, 0.3) is 0 Å². The molecule has 0 bridgehead atoms. The van der Waals surface area contributed by atoms with Crippen LogP contribution in [0.1, 0.15) is 34.1 Å². The highest BCUT2D eigenvalue weighted by Gasteiger charge is 2.48. The highest BCUT2D eigenvalue weighted by atomic mass is 32.2. The van der Waals surface area contributed by atoms with Crippen LogP contribution in [0, 0.1) is 5.92 Å². The number of benzene rings is 1. The number of hydrogen-bond acceptors (Lipinski definition) is 3. The van der Waals surface area contributed by atoms with Gasteiger partial charge in [-0.25, -0.2) is 0 Å². The first-order chi connectivity index (χ1) is 9.34. The highest BCUT2D eigenvalue weighted by molar-refractivity contribution is 7.99. The van der Waals surface area contributed by atoms with Gasteiger partial charge in [0, 0.05) is 22.6 Å². The number of hydrogen-bond donors (Lipinski definition) is 1. The number of rotatable bonds is 5. The molecule has 1 N–H and O–H groups in total. The first kappa shape index (κ1) is 15.9. The van der Waals surface area contributed by atoms with Crippen molar-refractivity contribution in [3.05, 3.63) is 30.3 Å². The van der Waals surface area contributed by atoms with Crippen LogP contribution in [-0.2, 0) is 4.74 Å². The average molecular weight is 293 g/mol. The summed E-state index contributed by atoms with van der Waals surface area (Å²) >= 11 is 1.92. The first-order valence-corrected chi connectivity index (χ1v) is 8.38. The largest absolute Gasteiger partial charge is 0.369 e. The lowest BCUT2D eigenvalue weighted by Crippen LogP contribution is -2.44. The van der Waals surface area contributed by atoms with Crippen LogP contribution in [-0.4, -0.2) is 30.0 Å². The molecule has 2 unspecified atom stereocenters. The molecule has 0 aliphatic carbocycles. The van der Waals surface area contributed by atoms with E-state index in [1.54, 1.807) is 0 Å². The Hall–Kier alpha value is -0.510. The topological polar surface area (TPSA) is 21.3 Å². The lowest BCUT2D eigenvalue weighted by Gasteiger charge is -2.32. The molecule has 0 aromatic heterocycles. The van der Waals surface area contributed by atoms with Gasteiger partial charge in [0.05, 0.1) is 11.2 Å². The Labute approximate surface area is 127 Å². The second-order valence-corrected chi connectivity index (χ2v) is 7.89. The Morgan fingerprint density at radius 1 is 1.25 bits per heavy atom. The highest BCUT2D eigenvalue weighted by Crippen LogP contribution is 2.44. The summed E-state index contributed by atoms with van der Waals surface area (Å²) in [6, 6.07) is 11.1. The van der Waals surface area contributed by atoms with E-state index in [1.165, 1.54) is 4.90 Å². The molecule has 1 aromatic rings. The Morgan fingerprint density at radius 2 is 1.90 bits per heavy atom. The fourth-order valence-corrected chi connectivity index (χ4v) is 4.46. The zero-order chi connectivity index (χ0) is 14.8. The maximum atomic E-state index is 6.23. The van der Waals surface area contributed by atoms with Crippen LogP contribution in [0.4, 0.5) is 0 Å². The summed E-state index contributed by atoms with van der Waals surface area (Å²) in [5, 5.41) is 3.51. The van der Waals surface area contributed by atoms with Crippen molar-refractivity contribution >= 4 is 11.8 Å². The first-order valence-electron chi connectivity index (χ1n) is 7.39. The monoisotopic (exact) mass is 293 g/mol. The molecule has 1 aromatic carbocycles. The minimum atomic E-state index is -0.0611. The van der Waals surface area contributed by atoms with Crippen molar-refractivity contribution in [2.45, 2.75) is 56.3 Å². The summed E-state index contributed by atoms with van der Waals surface area (Å²) in [6.07, 6.45) is 1.11. The second-order valence-electron chi connectivity index (χ2n) is 6.80. The second kappa shape index (κ2) is 6.08. The third-order valence-corrected chi connectivity index (χ3v) is 5.30. The van der Waals surface area contributed by atoms with Gasteiger partial charge in [-0.15, -0.1) is 11.8 Å². The molecule has 112 valence electrons. The molecule has 1 saturated heterocycles. The number of thioether (sulfide) groups is 1. The van der Waals surface area contributed by atoms with Gasteiger partial charge in [-0.05, 0) is 53.3 Å². The van der Waals surface area contributed by atoms with E-state index in [-0.39, 0.29) is 11.2 Å². The zero-order valence-electron chi connectivity index (χ0n) is 13.3. The Kier molecular flexibility index (Phi) is 4.83. The molecule has 1 aliphatic heterocycles. The van der Waals surface area contributed by atoms with Gasteiger partial charge in [0.2, 0.25) is 0 Å². The predicted molar refractivity (Wildman–Crippen MR) is 87.4 cm³/mol. The number of nitrogens with one attached hydrogen (secondary N) is 1. The van der Waals surface area contributed by atoms with Crippen LogP contribution in [0.3, 0.4) is 0 Å². The van der Waals surface area contributed by atoms with Gasteiger partial charge in [-0.2, -0.15) is 0 Å². The standard InChI is InChI=1S/C17H27NOS/c1-16(2)11-14(17(3,4)19-16)15(18-5)12-20-13-9-7-6-8-10-13/h6-10,14-15,18H,11-12H2,1-5H3. The Bertz CT molecular complexity index is 430. The van der Waals surface area contributed by atoms with Crippen molar-refractivity contribution in [2.24, 2.45) is 5.92 Å². The molecule has 3 heteroatoms. The molecule has 0 radical (unpaired) electrons. The van der Waals surface area contributed by atoms with Gasteiger partial charge in [-0.3, -0.25) is 0 Å². The zero-order valence-corrected chi connectivity index (χ0v) is 14.1. The smallest absolute Gasteiger partial charge is 0.0678 e. The lowest BCUT2D eigenvalue weighted by atomic mass is 9.82. The Balaban J connectivity index is 2.01. The van der Waals surface area contributed by atoms with Crippen molar-refractivity contribution in [3.8, 4) is 0 Å². The van der Waals surface area contributed by atoms with E-state index in [1.807, 2.05) is 11.8 Å². The fraction of sp³-hybridized carbons (Fsp3) is 0.647. The predicted octanol–water partition coefficient (Wildman–Crippen LogP) is 3.96. The maximum absolute atomic E-state index is 6.23. The molecular weight excluding hydrogens is 266 g/mol. The molecule has 2 atom stereocenters. The van der Waals surface area contributed by atoms with Crippen molar-refractivity contribution < 1.29 is 4.74 Å². The van der Waals surface area contributed by atoms with Crippen LogP contribution in [0.25, 0.3) is 0 Å².